The fourth-order valence-corrected chi connectivity index (χ4v) is 4.07. The van der Waals surface area contributed by atoms with Gasteiger partial charge in [-0.15, -0.1) is 0 Å². The zero-order chi connectivity index (χ0) is 15.4. The van der Waals surface area contributed by atoms with Gasteiger partial charge in [-0.3, -0.25) is 0 Å². The van der Waals surface area contributed by atoms with Crippen LogP contribution in [0.3, 0.4) is 0 Å². The quantitative estimate of drug-likeness (QED) is 0.733. The van der Waals surface area contributed by atoms with Crippen molar-refractivity contribution in [2.75, 3.05) is 7.11 Å². The van der Waals surface area contributed by atoms with E-state index >= 15 is 0 Å². The van der Waals surface area contributed by atoms with Gasteiger partial charge in [-0.25, -0.2) is 0 Å². The van der Waals surface area contributed by atoms with Gasteiger partial charge in [0.25, 0.3) is 0 Å². The van der Waals surface area contributed by atoms with Gasteiger partial charge in [-0.2, -0.15) is 5.26 Å². The van der Waals surface area contributed by atoms with Gasteiger partial charge in [0.1, 0.15) is 11.4 Å². The van der Waals surface area contributed by atoms with E-state index in [2.05, 4.69) is 32.6 Å². The van der Waals surface area contributed by atoms with Crippen LogP contribution in [-0.2, 0) is 4.43 Å². The predicted molar refractivity (Wildman–Crippen MR) is 84.5 cm³/mol. The highest BCUT2D eigenvalue weighted by atomic mass is 28.4. The first kappa shape index (κ1) is 16.7. The molecule has 0 amide bonds. The van der Waals surface area contributed by atoms with Gasteiger partial charge >= 0.3 is 0 Å². The fourth-order valence-electron chi connectivity index (χ4n) is 2.61. The average Bonchev–Trinajstić information content (AvgIpc) is 2.37. The molecule has 1 rings (SSSR count). The first-order valence-corrected chi connectivity index (χ1v) is 10.4. The molecule has 0 heterocycles. The van der Waals surface area contributed by atoms with E-state index in [4.69, 9.17) is 9.16 Å². The van der Waals surface area contributed by atoms with Crippen LogP contribution in [0, 0.1) is 11.3 Å². The maximum absolute atomic E-state index is 9.65. The van der Waals surface area contributed by atoms with Crippen LogP contribution in [0.15, 0.2) is 24.3 Å². The van der Waals surface area contributed by atoms with Crippen LogP contribution in [0.2, 0.25) is 19.6 Å². The van der Waals surface area contributed by atoms with Gasteiger partial charge in [0.15, 0.2) is 8.32 Å². The van der Waals surface area contributed by atoms with Crippen LogP contribution in [-0.4, -0.2) is 21.0 Å². The Bertz CT molecular complexity index is 490. The van der Waals surface area contributed by atoms with E-state index in [9.17, 15) is 5.26 Å². The number of nitrogens with zero attached hydrogens (tertiary/aromatic N) is 1. The van der Waals surface area contributed by atoms with Crippen molar-refractivity contribution in [1.82, 2.24) is 0 Å². The highest BCUT2D eigenvalue weighted by molar-refractivity contribution is 6.69. The molecule has 0 N–H and O–H groups in total. The van der Waals surface area contributed by atoms with Crippen LogP contribution in [0.5, 0.6) is 5.75 Å². The van der Waals surface area contributed by atoms with Crippen LogP contribution >= 0.6 is 0 Å². The van der Waals surface area contributed by atoms with E-state index in [1.54, 1.807) is 7.11 Å². The maximum Gasteiger partial charge on any atom is 0.185 e. The number of hydrogen-bond acceptors (Lipinski definition) is 3. The van der Waals surface area contributed by atoms with Gasteiger partial charge in [-0.05, 0) is 50.7 Å². The highest BCUT2D eigenvalue weighted by Gasteiger charge is 2.39. The van der Waals surface area contributed by atoms with Crippen molar-refractivity contribution in [2.45, 2.75) is 51.4 Å². The fraction of sp³-hybridized carbons (Fsp3) is 0.562. The Hall–Kier alpha value is -1.31. The number of rotatable bonds is 6. The van der Waals surface area contributed by atoms with Crippen molar-refractivity contribution in [3.05, 3.63) is 29.8 Å². The van der Waals surface area contributed by atoms with Gasteiger partial charge in [0.2, 0.25) is 0 Å². The van der Waals surface area contributed by atoms with Crippen molar-refractivity contribution in [3.63, 3.8) is 0 Å². The summed E-state index contributed by atoms with van der Waals surface area (Å²) in [6, 6.07) is 10.3. The summed E-state index contributed by atoms with van der Waals surface area (Å²) < 4.78 is 11.5. The topological polar surface area (TPSA) is 42.2 Å². The molecule has 3 nitrogen and oxygen atoms in total. The molecule has 0 fully saturated rings. The molecule has 0 saturated heterocycles. The minimum atomic E-state index is -1.80. The third kappa shape index (κ3) is 4.09. The Morgan fingerprint density at radius 3 is 2.45 bits per heavy atom. The summed E-state index contributed by atoms with van der Waals surface area (Å²) in [5.41, 5.74) is 0.292. The lowest BCUT2D eigenvalue weighted by molar-refractivity contribution is 0.105. The second kappa shape index (κ2) is 6.42. The molecule has 1 aromatic carbocycles. The molecule has 0 aromatic heterocycles. The molecule has 20 heavy (non-hydrogen) atoms. The number of nitriles is 1. The summed E-state index contributed by atoms with van der Waals surface area (Å²) >= 11 is 0. The minimum absolute atomic E-state index is 0.0364. The summed E-state index contributed by atoms with van der Waals surface area (Å²) in [7, 11) is -0.146. The molecule has 0 saturated carbocycles. The lowest BCUT2D eigenvalue weighted by Crippen LogP contribution is -2.43. The maximum atomic E-state index is 9.65. The normalized spacial score (nSPS) is 16.1. The third-order valence-corrected chi connectivity index (χ3v) is 4.35. The number of hydrogen-bond donors (Lipinski definition) is 0. The van der Waals surface area contributed by atoms with Crippen LogP contribution in [0.4, 0.5) is 0 Å². The van der Waals surface area contributed by atoms with Crippen LogP contribution < -0.4 is 4.74 Å². The highest BCUT2D eigenvalue weighted by Crippen LogP contribution is 2.37. The van der Waals surface area contributed by atoms with E-state index in [1.165, 1.54) is 0 Å². The van der Waals surface area contributed by atoms with Crippen LogP contribution in [0.1, 0.15) is 31.7 Å². The monoisotopic (exact) mass is 291 g/mol. The molecular formula is C16H25NO2Si. The number of ether oxygens (including phenoxy) is 1. The van der Waals surface area contributed by atoms with Crippen molar-refractivity contribution in [3.8, 4) is 11.8 Å². The molecule has 0 spiro atoms. The molecule has 1 aromatic rings. The molecular weight excluding hydrogens is 266 g/mol. The average molecular weight is 291 g/mol. The molecule has 0 radical (unpaired) electrons. The summed E-state index contributed by atoms with van der Waals surface area (Å²) in [6.07, 6.45) is 0.849. The van der Waals surface area contributed by atoms with Crippen molar-refractivity contribution >= 4 is 8.32 Å². The molecule has 0 aliphatic carbocycles. The lowest BCUT2D eigenvalue weighted by atomic mass is 9.82. The molecule has 0 bridgehead atoms. The summed E-state index contributed by atoms with van der Waals surface area (Å²) in [6.45, 7) is 10.3. The van der Waals surface area contributed by atoms with Gasteiger partial charge in [0, 0.05) is 5.92 Å². The Morgan fingerprint density at radius 2 is 2.00 bits per heavy atom. The van der Waals surface area contributed by atoms with Gasteiger partial charge in [0.05, 0.1) is 13.2 Å². The first-order chi connectivity index (χ1) is 9.25. The van der Waals surface area contributed by atoms with Crippen molar-refractivity contribution in [2.24, 2.45) is 0 Å². The van der Waals surface area contributed by atoms with E-state index in [0.29, 0.717) is 0 Å². The number of benzene rings is 1. The van der Waals surface area contributed by atoms with Gasteiger partial charge < -0.3 is 9.16 Å². The molecule has 110 valence electrons. The first-order valence-electron chi connectivity index (χ1n) is 7.01. The van der Waals surface area contributed by atoms with Crippen molar-refractivity contribution < 1.29 is 9.16 Å². The molecule has 4 heteroatoms. The zero-order valence-corrected chi connectivity index (χ0v) is 14.4. The van der Waals surface area contributed by atoms with Crippen LogP contribution in [0.25, 0.3) is 0 Å². The standard InChI is InChI=1S/C16H25NO2Si/c1-7-15(13-9-8-10-14(11-13)18-3)16(2,12-17)19-20(4,5)6/h8-11,15H,7H2,1-6H3. The Balaban J connectivity index is 3.18. The zero-order valence-electron chi connectivity index (χ0n) is 13.4. The van der Waals surface area contributed by atoms with E-state index < -0.39 is 13.9 Å². The molecule has 0 aliphatic heterocycles. The Kier molecular flexibility index (Phi) is 5.38. The second-order valence-corrected chi connectivity index (χ2v) is 10.6. The smallest absolute Gasteiger partial charge is 0.185 e. The van der Waals surface area contributed by atoms with Crippen molar-refractivity contribution in [1.29, 1.82) is 5.26 Å². The second-order valence-electron chi connectivity index (χ2n) is 6.17. The van der Waals surface area contributed by atoms with E-state index in [0.717, 1.165) is 17.7 Å². The third-order valence-electron chi connectivity index (χ3n) is 3.31. The van der Waals surface area contributed by atoms with E-state index in [1.807, 2.05) is 31.2 Å². The molecule has 2 unspecified atom stereocenters. The SMILES string of the molecule is CCC(c1cccc(OC)c1)C(C)(C#N)O[Si](C)(C)C. The molecule has 2 atom stereocenters. The Morgan fingerprint density at radius 1 is 1.35 bits per heavy atom. The number of methoxy groups -OCH3 is 1. The Labute approximate surface area is 123 Å². The summed E-state index contributed by atoms with van der Waals surface area (Å²) in [5, 5.41) is 9.65. The minimum Gasteiger partial charge on any atom is -0.497 e. The van der Waals surface area contributed by atoms with E-state index in [-0.39, 0.29) is 5.92 Å². The summed E-state index contributed by atoms with van der Waals surface area (Å²) in [4.78, 5) is 0. The van der Waals surface area contributed by atoms with Gasteiger partial charge in [-0.1, -0.05) is 19.1 Å². The largest absolute Gasteiger partial charge is 0.497 e. The molecule has 0 aliphatic rings. The lowest BCUT2D eigenvalue weighted by Gasteiger charge is -2.37. The summed E-state index contributed by atoms with van der Waals surface area (Å²) in [5.74, 6) is 0.851. The predicted octanol–water partition coefficient (Wildman–Crippen LogP) is 4.32.